The summed E-state index contributed by atoms with van der Waals surface area (Å²) in [6.07, 6.45) is 18.1. The maximum absolute atomic E-state index is 13.2. The Morgan fingerprint density at radius 1 is 0.692 bits per heavy atom. The minimum atomic E-state index is 0.260. The lowest BCUT2D eigenvalue weighted by Gasteiger charge is -2.50. The highest BCUT2D eigenvalue weighted by Crippen LogP contribution is 2.54. The van der Waals surface area contributed by atoms with Crippen LogP contribution in [0.15, 0.2) is 0 Å². The topological polar surface area (TPSA) is 60.6 Å². The van der Waals surface area contributed by atoms with Crippen LogP contribution in [0.1, 0.15) is 111 Å². The van der Waals surface area contributed by atoms with Gasteiger partial charge in [-0.15, -0.1) is 0 Å². The van der Waals surface area contributed by atoms with Crippen LogP contribution >= 0.6 is 0 Å². The van der Waals surface area contributed by atoms with Crippen molar-refractivity contribution >= 4 is 5.78 Å². The van der Waals surface area contributed by atoms with Gasteiger partial charge < -0.3 is 18.9 Å². The number of hydrogen-bond donors (Lipinski definition) is 0. The number of carbonyl (C=O) groups excluding carboxylic acids is 1. The van der Waals surface area contributed by atoms with Gasteiger partial charge in [-0.25, -0.2) is 0 Å². The van der Waals surface area contributed by atoms with E-state index < -0.39 is 0 Å². The van der Waals surface area contributed by atoms with Crippen molar-refractivity contribution in [3.63, 3.8) is 0 Å². The summed E-state index contributed by atoms with van der Waals surface area (Å²) in [5, 5.41) is 0. The molecule has 6 rings (SSSR count). The maximum atomic E-state index is 13.2. The molecule has 0 spiro atoms. The van der Waals surface area contributed by atoms with E-state index in [2.05, 4.69) is 20.8 Å². The molecule has 39 heavy (non-hydrogen) atoms. The highest BCUT2D eigenvalue weighted by Gasteiger charge is 2.50. The van der Waals surface area contributed by atoms with Crippen LogP contribution in [0.2, 0.25) is 0 Å². The van der Waals surface area contributed by atoms with Crippen molar-refractivity contribution in [2.75, 3.05) is 20.3 Å². The number of hydrogen-bond acceptors (Lipinski definition) is 5. The van der Waals surface area contributed by atoms with E-state index >= 15 is 0 Å². The third-order valence-corrected chi connectivity index (χ3v) is 12.7. The number of ketones is 1. The zero-order valence-electron chi connectivity index (χ0n) is 25.3. The first kappa shape index (κ1) is 28.6. The van der Waals surface area contributed by atoms with Gasteiger partial charge >= 0.3 is 0 Å². The van der Waals surface area contributed by atoms with Crippen LogP contribution in [0, 0.1) is 46.8 Å². The molecule has 0 N–H and O–H groups in total. The molecule has 0 aromatic rings. The molecule has 5 heteroatoms. The molecule has 0 aromatic heterocycles. The van der Waals surface area contributed by atoms with Crippen molar-refractivity contribution in [3.8, 4) is 0 Å². The van der Waals surface area contributed by atoms with Gasteiger partial charge in [-0.3, -0.25) is 4.79 Å². The number of carbonyl (C=O) groups is 1. The molecule has 4 saturated carbocycles. The molecule has 4 aliphatic carbocycles. The van der Waals surface area contributed by atoms with E-state index in [4.69, 9.17) is 18.9 Å². The lowest BCUT2D eigenvalue weighted by atomic mass is 9.56. The first-order valence-corrected chi connectivity index (χ1v) is 16.8. The highest BCUT2D eigenvalue weighted by atomic mass is 16.6. The predicted molar refractivity (Wildman–Crippen MR) is 152 cm³/mol. The largest absolute Gasteiger partial charge is 0.381 e. The summed E-state index contributed by atoms with van der Waals surface area (Å²) in [5.74, 6) is 4.77. The van der Waals surface area contributed by atoms with Crippen molar-refractivity contribution < 1.29 is 23.7 Å². The zero-order chi connectivity index (χ0) is 27.1. The van der Waals surface area contributed by atoms with Gasteiger partial charge in [-0.1, -0.05) is 27.2 Å². The average Bonchev–Trinajstić information content (AvgIpc) is 3.88. The number of rotatable bonds is 9. The van der Waals surface area contributed by atoms with Crippen LogP contribution in [0.25, 0.3) is 0 Å². The SMILES string of the molecule is COC1CCC(C(=O)C2CCC(OC3CCC(C(C)(C)C4CCC(C)C(C5CO5)C4)CC3C3CO3)CC2)CC1. The number of ether oxygens (including phenoxy) is 4. The van der Waals surface area contributed by atoms with E-state index in [1.807, 2.05) is 0 Å². The van der Waals surface area contributed by atoms with Crippen molar-refractivity contribution in [1.29, 1.82) is 0 Å². The summed E-state index contributed by atoms with van der Waals surface area (Å²) in [6.45, 7) is 9.53. The predicted octanol–water partition coefficient (Wildman–Crippen LogP) is 7.00. The molecule has 2 saturated heterocycles. The van der Waals surface area contributed by atoms with E-state index in [1.54, 1.807) is 7.11 Å². The summed E-state index contributed by atoms with van der Waals surface area (Å²) in [5.41, 5.74) is 0.367. The first-order valence-electron chi connectivity index (χ1n) is 16.8. The molecule has 6 aliphatic rings. The van der Waals surface area contributed by atoms with Crippen molar-refractivity contribution in [2.24, 2.45) is 46.8 Å². The van der Waals surface area contributed by atoms with Gasteiger partial charge in [0, 0.05) is 24.9 Å². The Kier molecular flexibility index (Phi) is 8.82. The van der Waals surface area contributed by atoms with Gasteiger partial charge in [0.05, 0.1) is 43.7 Å². The van der Waals surface area contributed by atoms with Crippen LogP contribution in [-0.2, 0) is 23.7 Å². The normalized spacial score (nSPS) is 47.0. The number of Topliss-reactive ketones (excluding diaryl/α,β-unsaturated/α-hetero) is 1. The monoisotopic (exact) mass is 544 g/mol. The van der Waals surface area contributed by atoms with Crippen LogP contribution < -0.4 is 0 Å². The minimum Gasteiger partial charge on any atom is -0.381 e. The van der Waals surface area contributed by atoms with Crippen molar-refractivity contribution in [3.05, 3.63) is 0 Å². The molecule has 2 aliphatic heterocycles. The fourth-order valence-corrected chi connectivity index (χ4v) is 9.55. The fraction of sp³-hybridized carbons (Fsp3) is 0.971. The summed E-state index contributed by atoms with van der Waals surface area (Å²) in [4.78, 5) is 13.2. The lowest BCUT2D eigenvalue weighted by molar-refractivity contribution is -0.133. The van der Waals surface area contributed by atoms with Crippen LogP contribution in [0.5, 0.6) is 0 Å². The summed E-state index contributed by atoms with van der Waals surface area (Å²) >= 11 is 0. The first-order chi connectivity index (χ1) is 18.8. The summed E-state index contributed by atoms with van der Waals surface area (Å²) < 4.78 is 24.1. The third-order valence-electron chi connectivity index (χ3n) is 12.7. The molecule has 0 aromatic carbocycles. The Labute approximate surface area is 237 Å². The second-order valence-electron chi connectivity index (χ2n) is 15.1. The molecule has 0 radical (unpaired) electrons. The Morgan fingerprint density at radius 2 is 1.21 bits per heavy atom. The molecule has 6 fully saturated rings. The van der Waals surface area contributed by atoms with Crippen LogP contribution in [-0.4, -0.2) is 56.6 Å². The van der Waals surface area contributed by atoms with Crippen LogP contribution in [0.4, 0.5) is 0 Å². The second kappa shape index (κ2) is 12.0. The summed E-state index contributed by atoms with van der Waals surface area (Å²) in [6, 6.07) is 0. The van der Waals surface area contributed by atoms with Crippen molar-refractivity contribution in [1.82, 2.24) is 0 Å². The molecule has 5 nitrogen and oxygen atoms in total. The van der Waals surface area contributed by atoms with E-state index in [9.17, 15) is 4.79 Å². The average molecular weight is 545 g/mol. The van der Waals surface area contributed by atoms with E-state index in [0.717, 1.165) is 88.3 Å². The maximum Gasteiger partial charge on any atom is 0.139 e. The Bertz CT molecular complexity index is 817. The molecular formula is C34H56O5. The van der Waals surface area contributed by atoms with Gasteiger partial charge in [0.2, 0.25) is 0 Å². The smallest absolute Gasteiger partial charge is 0.139 e. The summed E-state index contributed by atoms with van der Waals surface area (Å²) in [7, 11) is 1.80. The molecule has 8 atom stereocenters. The van der Waals surface area contributed by atoms with E-state index in [-0.39, 0.29) is 11.8 Å². The Balaban J connectivity index is 0.997. The molecule has 2 heterocycles. The second-order valence-corrected chi connectivity index (χ2v) is 15.1. The number of epoxide rings is 2. The van der Waals surface area contributed by atoms with E-state index in [0.29, 0.717) is 47.6 Å². The van der Waals surface area contributed by atoms with E-state index in [1.165, 1.54) is 38.5 Å². The van der Waals surface area contributed by atoms with Gasteiger partial charge in [-0.05, 0) is 113 Å². The minimum absolute atomic E-state index is 0.260. The zero-order valence-corrected chi connectivity index (χ0v) is 25.3. The molecule has 0 bridgehead atoms. The highest BCUT2D eigenvalue weighted by molar-refractivity contribution is 5.83. The van der Waals surface area contributed by atoms with Gasteiger partial charge in [-0.2, -0.15) is 0 Å². The molecule has 8 unspecified atom stereocenters. The Hall–Kier alpha value is -0.490. The van der Waals surface area contributed by atoms with Crippen LogP contribution in [0.3, 0.4) is 0 Å². The standard InChI is InChI=1S/C34H56O5/c1-21-5-10-24(17-28(21)31-19-37-31)34(2,3)25-11-16-30(29(18-25)32-20-38-32)39-27-14-8-23(9-15-27)33(35)22-6-12-26(36-4)13-7-22/h21-32H,5-20H2,1-4H3. The van der Waals surface area contributed by atoms with Gasteiger partial charge in [0.1, 0.15) is 5.78 Å². The quantitative estimate of drug-likeness (QED) is 0.293. The third kappa shape index (κ3) is 6.47. The fourth-order valence-electron chi connectivity index (χ4n) is 9.55. The Morgan fingerprint density at radius 3 is 1.77 bits per heavy atom. The molecular weight excluding hydrogens is 488 g/mol. The lowest BCUT2D eigenvalue weighted by Crippen LogP contribution is -2.45. The molecule has 0 amide bonds. The van der Waals surface area contributed by atoms with Crippen molar-refractivity contribution in [2.45, 2.75) is 141 Å². The molecule has 222 valence electrons. The van der Waals surface area contributed by atoms with Gasteiger partial charge in [0.15, 0.2) is 0 Å². The number of methoxy groups -OCH3 is 1. The van der Waals surface area contributed by atoms with Gasteiger partial charge in [0.25, 0.3) is 0 Å².